The second-order valence-electron chi connectivity index (χ2n) is 8.42. The lowest BCUT2D eigenvalue weighted by atomic mass is 10.1. The molecule has 4 rings (SSSR count). The molecule has 0 aliphatic rings. The Bertz CT molecular complexity index is 1270. The molecule has 0 aromatic heterocycles. The summed E-state index contributed by atoms with van der Waals surface area (Å²) in [6, 6.07) is 25.8. The predicted octanol–water partition coefficient (Wildman–Crippen LogP) is 7.51. The van der Waals surface area contributed by atoms with Gasteiger partial charge in [-0.3, -0.25) is 0 Å². The van der Waals surface area contributed by atoms with Crippen molar-refractivity contribution in [3.8, 4) is 11.5 Å². The molecule has 0 heterocycles. The van der Waals surface area contributed by atoms with Crippen LogP contribution in [0.15, 0.2) is 94.7 Å². The number of aryl methyl sites for hydroxylation is 4. The number of rotatable bonds is 6. The van der Waals surface area contributed by atoms with Gasteiger partial charge in [0, 0.05) is 9.79 Å². The van der Waals surface area contributed by atoms with E-state index in [-0.39, 0.29) is 11.9 Å². The Hall–Kier alpha value is -3.83. The summed E-state index contributed by atoms with van der Waals surface area (Å²) in [6.45, 7) is 7.96. The SMILES string of the molecule is Cc1ccc(C(=O)Oc2ccc(Sc3ccc(OC(=O)c4ccc(C)c(C)c4)cc3)cc2)cc1C. The molecular weight excluding hydrogens is 456 g/mol. The lowest BCUT2D eigenvalue weighted by Gasteiger charge is -2.08. The maximum Gasteiger partial charge on any atom is 0.343 e. The molecule has 0 saturated carbocycles. The molecule has 0 radical (unpaired) electrons. The molecule has 0 amide bonds. The third-order valence-corrected chi connectivity index (χ3v) is 6.81. The first kappa shape index (κ1) is 24.3. The van der Waals surface area contributed by atoms with Crippen LogP contribution in [0.3, 0.4) is 0 Å². The summed E-state index contributed by atoms with van der Waals surface area (Å²) < 4.78 is 11.0. The average molecular weight is 483 g/mol. The van der Waals surface area contributed by atoms with Crippen molar-refractivity contribution in [3.63, 3.8) is 0 Å². The van der Waals surface area contributed by atoms with Crippen molar-refractivity contribution >= 4 is 23.7 Å². The zero-order chi connectivity index (χ0) is 24.9. The highest BCUT2D eigenvalue weighted by molar-refractivity contribution is 7.99. The second kappa shape index (κ2) is 10.6. The van der Waals surface area contributed by atoms with Gasteiger partial charge >= 0.3 is 11.9 Å². The Morgan fingerprint density at radius 2 is 0.886 bits per heavy atom. The molecule has 5 heteroatoms. The zero-order valence-electron chi connectivity index (χ0n) is 20.1. The Balaban J connectivity index is 1.34. The number of ether oxygens (including phenoxy) is 2. The summed E-state index contributed by atoms with van der Waals surface area (Å²) in [5, 5.41) is 0. The van der Waals surface area contributed by atoms with Crippen LogP contribution in [0.1, 0.15) is 43.0 Å². The van der Waals surface area contributed by atoms with E-state index in [0.717, 1.165) is 32.0 Å². The first-order valence-electron chi connectivity index (χ1n) is 11.3. The van der Waals surface area contributed by atoms with Crippen LogP contribution >= 0.6 is 11.8 Å². The van der Waals surface area contributed by atoms with Gasteiger partial charge in [-0.2, -0.15) is 0 Å². The summed E-state index contributed by atoms with van der Waals surface area (Å²) >= 11 is 1.56. The third-order valence-electron chi connectivity index (χ3n) is 5.79. The summed E-state index contributed by atoms with van der Waals surface area (Å²) in [7, 11) is 0. The first-order valence-corrected chi connectivity index (χ1v) is 12.1. The van der Waals surface area contributed by atoms with Crippen LogP contribution in [0.25, 0.3) is 0 Å². The number of benzene rings is 4. The summed E-state index contributed by atoms with van der Waals surface area (Å²) in [4.78, 5) is 26.8. The van der Waals surface area contributed by atoms with Crippen LogP contribution < -0.4 is 9.47 Å². The normalized spacial score (nSPS) is 10.6. The van der Waals surface area contributed by atoms with Crippen LogP contribution in [-0.4, -0.2) is 11.9 Å². The Labute approximate surface area is 209 Å². The van der Waals surface area contributed by atoms with Crippen LogP contribution in [0.4, 0.5) is 0 Å². The van der Waals surface area contributed by atoms with E-state index in [1.165, 1.54) is 0 Å². The van der Waals surface area contributed by atoms with Crippen molar-refractivity contribution in [2.24, 2.45) is 0 Å². The highest BCUT2D eigenvalue weighted by atomic mass is 32.2. The number of carbonyl (C=O) groups excluding carboxylic acids is 2. The van der Waals surface area contributed by atoms with Crippen LogP contribution in [0.5, 0.6) is 11.5 Å². The molecule has 4 nitrogen and oxygen atoms in total. The molecule has 0 atom stereocenters. The fourth-order valence-electron chi connectivity index (χ4n) is 3.36. The minimum Gasteiger partial charge on any atom is -0.423 e. The number of esters is 2. The zero-order valence-corrected chi connectivity index (χ0v) is 20.9. The molecular formula is C30H26O4S. The number of hydrogen-bond acceptors (Lipinski definition) is 5. The molecule has 0 bridgehead atoms. The molecule has 0 fully saturated rings. The summed E-state index contributed by atoms with van der Waals surface area (Å²) in [5.41, 5.74) is 5.44. The van der Waals surface area contributed by atoms with Gasteiger partial charge in [0.05, 0.1) is 11.1 Å². The molecule has 0 unspecified atom stereocenters. The largest absolute Gasteiger partial charge is 0.423 e. The van der Waals surface area contributed by atoms with E-state index < -0.39 is 0 Å². The van der Waals surface area contributed by atoms with Crippen molar-refractivity contribution in [1.82, 2.24) is 0 Å². The first-order chi connectivity index (χ1) is 16.8. The molecule has 0 N–H and O–H groups in total. The van der Waals surface area contributed by atoms with Gasteiger partial charge in [-0.1, -0.05) is 23.9 Å². The fraction of sp³-hybridized carbons (Fsp3) is 0.133. The van der Waals surface area contributed by atoms with Gasteiger partial charge in [-0.15, -0.1) is 0 Å². The number of carbonyl (C=O) groups is 2. The Morgan fingerprint density at radius 3 is 1.23 bits per heavy atom. The van der Waals surface area contributed by atoms with Crippen molar-refractivity contribution in [3.05, 3.63) is 118 Å². The highest BCUT2D eigenvalue weighted by Crippen LogP contribution is 2.30. The van der Waals surface area contributed by atoms with Gasteiger partial charge in [0.2, 0.25) is 0 Å². The van der Waals surface area contributed by atoms with E-state index in [0.29, 0.717) is 22.6 Å². The third kappa shape index (κ3) is 6.19. The topological polar surface area (TPSA) is 52.6 Å². The van der Waals surface area contributed by atoms with E-state index in [1.807, 2.05) is 76.2 Å². The van der Waals surface area contributed by atoms with E-state index in [1.54, 1.807) is 48.2 Å². The van der Waals surface area contributed by atoms with E-state index >= 15 is 0 Å². The van der Waals surface area contributed by atoms with Gasteiger partial charge in [-0.05, 0) is 123 Å². The number of hydrogen-bond donors (Lipinski definition) is 0. The molecule has 4 aromatic carbocycles. The second-order valence-corrected chi connectivity index (χ2v) is 9.57. The van der Waals surface area contributed by atoms with Gasteiger partial charge in [0.15, 0.2) is 0 Å². The quantitative estimate of drug-likeness (QED) is 0.210. The minimum absolute atomic E-state index is 0.376. The lowest BCUT2D eigenvalue weighted by Crippen LogP contribution is -2.08. The minimum atomic E-state index is -0.376. The Kier molecular flexibility index (Phi) is 7.37. The molecule has 0 aliphatic heterocycles. The molecule has 4 aromatic rings. The fourth-order valence-corrected chi connectivity index (χ4v) is 4.17. The maximum absolute atomic E-state index is 12.4. The van der Waals surface area contributed by atoms with Crippen LogP contribution in [-0.2, 0) is 0 Å². The van der Waals surface area contributed by atoms with Gasteiger partial charge < -0.3 is 9.47 Å². The van der Waals surface area contributed by atoms with Crippen LogP contribution in [0.2, 0.25) is 0 Å². The Morgan fingerprint density at radius 1 is 0.514 bits per heavy atom. The maximum atomic E-state index is 12.4. The molecule has 0 saturated heterocycles. The molecule has 176 valence electrons. The van der Waals surface area contributed by atoms with Gasteiger partial charge in [0.1, 0.15) is 11.5 Å². The standard InChI is InChI=1S/C30H26O4S/c1-19-5-7-23(17-21(19)3)29(31)33-25-9-13-27(14-10-25)35-28-15-11-26(12-16-28)34-30(32)24-8-6-20(2)22(4)18-24/h5-18H,1-4H3. The smallest absolute Gasteiger partial charge is 0.343 e. The van der Waals surface area contributed by atoms with Crippen molar-refractivity contribution in [2.45, 2.75) is 37.5 Å². The average Bonchev–Trinajstić information content (AvgIpc) is 2.85. The molecule has 35 heavy (non-hydrogen) atoms. The summed E-state index contributed by atoms with van der Waals surface area (Å²) in [6.07, 6.45) is 0. The van der Waals surface area contributed by atoms with Crippen LogP contribution in [0, 0.1) is 27.7 Å². The predicted molar refractivity (Wildman–Crippen MR) is 139 cm³/mol. The van der Waals surface area contributed by atoms with E-state index in [4.69, 9.17) is 9.47 Å². The van der Waals surface area contributed by atoms with Crippen molar-refractivity contribution in [1.29, 1.82) is 0 Å². The van der Waals surface area contributed by atoms with Gasteiger partial charge in [-0.25, -0.2) is 9.59 Å². The van der Waals surface area contributed by atoms with E-state index in [9.17, 15) is 9.59 Å². The monoisotopic (exact) mass is 482 g/mol. The van der Waals surface area contributed by atoms with E-state index in [2.05, 4.69) is 0 Å². The summed E-state index contributed by atoms with van der Waals surface area (Å²) in [5.74, 6) is 0.233. The molecule has 0 aliphatic carbocycles. The lowest BCUT2D eigenvalue weighted by molar-refractivity contribution is 0.0725. The van der Waals surface area contributed by atoms with Gasteiger partial charge in [0.25, 0.3) is 0 Å². The molecule has 0 spiro atoms. The van der Waals surface area contributed by atoms with Crippen molar-refractivity contribution in [2.75, 3.05) is 0 Å². The highest BCUT2D eigenvalue weighted by Gasteiger charge is 2.11. The van der Waals surface area contributed by atoms with Crippen molar-refractivity contribution < 1.29 is 19.1 Å².